The van der Waals surface area contributed by atoms with Crippen LogP contribution in [0, 0.1) is 16.0 Å². The first kappa shape index (κ1) is 13.5. The van der Waals surface area contributed by atoms with E-state index in [9.17, 15) is 14.9 Å². The lowest BCUT2D eigenvalue weighted by Crippen LogP contribution is -2.26. The molecule has 1 fully saturated rings. The third-order valence-corrected chi connectivity index (χ3v) is 3.37. The molecule has 0 spiro atoms. The molecule has 5 nitrogen and oxygen atoms in total. The Balaban J connectivity index is 2.25. The number of carbonyl (C=O) groups is 1. The molecule has 1 aromatic carbocycles. The van der Waals surface area contributed by atoms with Gasteiger partial charge in [-0.05, 0) is 37.3 Å². The highest BCUT2D eigenvalue weighted by Gasteiger charge is 2.25. The Morgan fingerprint density at radius 2 is 2.21 bits per heavy atom. The molecule has 0 aliphatic heterocycles. The first-order chi connectivity index (χ1) is 9.15. The average molecular weight is 262 g/mol. The second-order valence-corrected chi connectivity index (χ2v) is 5.01. The van der Waals surface area contributed by atoms with E-state index >= 15 is 0 Å². The van der Waals surface area contributed by atoms with E-state index in [1.165, 1.54) is 18.9 Å². The Morgan fingerprint density at radius 1 is 1.47 bits per heavy atom. The standard InChI is InChI=1S/C14H18N2O3/c1-2-7-15(9-11-3-4-11)13-5-6-14(16(18)19)12(8-13)10-17/h5-6,8,10-11H,2-4,7,9H2,1H3. The summed E-state index contributed by atoms with van der Waals surface area (Å²) in [4.78, 5) is 23.5. The van der Waals surface area contributed by atoms with Crippen molar-refractivity contribution >= 4 is 17.7 Å². The second kappa shape index (κ2) is 5.82. The molecule has 102 valence electrons. The van der Waals surface area contributed by atoms with Crippen molar-refractivity contribution in [2.24, 2.45) is 5.92 Å². The van der Waals surface area contributed by atoms with Gasteiger partial charge in [-0.2, -0.15) is 0 Å². The van der Waals surface area contributed by atoms with Gasteiger partial charge in [-0.3, -0.25) is 14.9 Å². The summed E-state index contributed by atoms with van der Waals surface area (Å²) >= 11 is 0. The summed E-state index contributed by atoms with van der Waals surface area (Å²) in [6.07, 6.45) is 4.09. The molecule has 0 radical (unpaired) electrons. The van der Waals surface area contributed by atoms with Crippen LogP contribution in [-0.2, 0) is 0 Å². The number of carbonyl (C=O) groups excluding carboxylic acids is 1. The largest absolute Gasteiger partial charge is 0.371 e. The SMILES string of the molecule is CCCN(CC1CC1)c1ccc([N+](=O)[O-])c(C=O)c1. The molecule has 0 saturated heterocycles. The van der Waals surface area contributed by atoms with Crippen LogP contribution in [0.3, 0.4) is 0 Å². The number of aldehydes is 1. The minimum atomic E-state index is -0.515. The fourth-order valence-electron chi connectivity index (χ4n) is 2.21. The van der Waals surface area contributed by atoms with E-state index in [2.05, 4.69) is 11.8 Å². The number of nitro groups is 1. The number of hydrogen-bond acceptors (Lipinski definition) is 4. The fourth-order valence-corrected chi connectivity index (χ4v) is 2.21. The van der Waals surface area contributed by atoms with Crippen LogP contribution in [-0.4, -0.2) is 24.3 Å². The van der Waals surface area contributed by atoms with E-state index < -0.39 is 4.92 Å². The molecule has 1 saturated carbocycles. The number of nitrogens with zero attached hydrogens (tertiary/aromatic N) is 2. The Bertz CT molecular complexity index is 484. The molecule has 1 aliphatic rings. The molecule has 0 unspecified atom stereocenters. The molecule has 0 bridgehead atoms. The zero-order chi connectivity index (χ0) is 13.8. The van der Waals surface area contributed by atoms with Gasteiger partial charge in [0.15, 0.2) is 6.29 Å². The Kier molecular flexibility index (Phi) is 4.14. The Morgan fingerprint density at radius 3 is 2.74 bits per heavy atom. The summed E-state index contributed by atoms with van der Waals surface area (Å²) in [6.45, 7) is 3.99. The van der Waals surface area contributed by atoms with Gasteiger partial charge in [0.2, 0.25) is 0 Å². The normalized spacial score (nSPS) is 14.2. The van der Waals surface area contributed by atoms with Gasteiger partial charge in [0.1, 0.15) is 0 Å². The lowest BCUT2D eigenvalue weighted by Gasteiger charge is -2.24. The van der Waals surface area contributed by atoms with Crippen molar-refractivity contribution in [2.75, 3.05) is 18.0 Å². The van der Waals surface area contributed by atoms with Crippen LogP contribution in [0.1, 0.15) is 36.5 Å². The van der Waals surface area contributed by atoms with Gasteiger partial charge in [0.05, 0.1) is 10.5 Å². The minimum Gasteiger partial charge on any atom is -0.371 e. The topological polar surface area (TPSA) is 63.4 Å². The Hall–Kier alpha value is -1.91. The molecule has 19 heavy (non-hydrogen) atoms. The molecular formula is C14H18N2O3. The van der Waals surface area contributed by atoms with Gasteiger partial charge in [0, 0.05) is 24.8 Å². The molecule has 5 heteroatoms. The monoisotopic (exact) mass is 262 g/mol. The van der Waals surface area contributed by atoms with Gasteiger partial charge < -0.3 is 4.90 Å². The molecule has 0 aromatic heterocycles. The van der Waals surface area contributed by atoms with Crippen molar-refractivity contribution < 1.29 is 9.72 Å². The van der Waals surface area contributed by atoms with E-state index in [1.54, 1.807) is 12.1 Å². The van der Waals surface area contributed by atoms with Crippen LogP contribution in [0.15, 0.2) is 18.2 Å². The maximum atomic E-state index is 11.0. The lowest BCUT2D eigenvalue weighted by molar-refractivity contribution is -0.385. The number of anilines is 1. The van der Waals surface area contributed by atoms with Crippen molar-refractivity contribution in [2.45, 2.75) is 26.2 Å². The number of nitro benzene ring substituents is 1. The zero-order valence-corrected chi connectivity index (χ0v) is 11.0. The molecule has 1 aliphatic carbocycles. The van der Waals surface area contributed by atoms with Crippen LogP contribution < -0.4 is 4.90 Å². The summed E-state index contributed by atoms with van der Waals surface area (Å²) in [7, 11) is 0. The Labute approximate surface area is 112 Å². The highest BCUT2D eigenvalue weighted by Crippen LogP contribution is 2.32. The molecule has 1 aromatic rings. The van der Waals surface area contributed by atoms with Gasteiger partial charge >= 0.3 is 0 Å². The fraction of sp³-hybridized carbons (Fsp3) is 0.500. The first-order valence-electron chi connectivity index (χ1n) is 6.64. The van der Waals surface area contributed by atoms with E-state index in [1.807, 2.05) is 0 Å². The van der Waals surface area contributed by atoms with Crippen LogP contribution in [0.4, 0.5) is 11.4 Å². The summed E-state index contributed by atoms with van der Waals surface area (Å²) in [5, 5.41) is 10.8. The van der Waals surface area contributed by atoms with Crippen LogP contribution in [0.5, 0.6) is 0 Å². The number of hydrogen-bond donors (Lipinski definition) is 0. The molecule has 0 atom stereocenters. The van der Waals surface area contributed by atoms with Crippen molar-refractivity contribution in [3.05, 3.63) is 33.9 Å². The van der Waals surface area contributed by atoms with Crippen LogP contribution >= 0.6 is 0 Å². The summed E-state index contributed by atoms with van der Waals surface area (Å²) < 4.78 is 0. The van der Waals surface area contributed by atoms with Gasteiger partial charge in [-0.1, -0.05) is 6.92 Å². The van der Waals surface area contributed by atoms with Crippen molar-refractivity contribution in [1.82, 2.24) is 0 Å². The average Bonchev–Trinajstić information content (AvgIpc) is 3.21. The second-order valence-electron chi connectivity index (χ2n) is 5.01. The molecular weight excluding hydrogens is 244 g/mol. The lowest BCUT2D eigenvalue weighted by atomic mass is 10.1. The third kappa shape index (κ3) is 3.30. The smallest absolute Gasteiger partial charge is 0.280 e. The van der Waals surface area contributed by atoms with E-state index in [0.717, 1.165) is 31.1 Å². The third-order valence-electron chi connectivity index (χ3n) is 3.37. The molecule has 0 heterocycles. The predicted molar refractivity (Wildman–Crippen MR) is 73.7 cm³/mol. The maximum absolute atomic E-state index is 11.0. The quantitative estimate of drug-likeness (QED) is 0.430. The van der Waals surface area contributed by atoms with Crippen LogP contribution in [0.25, 0.3) is 0 Å². The van der Waals surface area contributed by atoms with Gasteiger partial charge in [0.25, 0.3) is 5.69 Å². The minimum absolute atomic E-state index is 0.123. The maximum Gasteiger partial charge on any atom is 0.280 e. The van der Waals surface area contributed by atoms with Gasteiger partial charge in [-0.25, -0.2) is 0 Å². The number of benzene rings is 1. The predicted octanol–water partition coefficient (Wildman–Crippen LogP) is 3.03. The zero-order valence-electron chi connectivity index (χ0n) is 11.0. The van der Waals surface area contributed by atoms with Crippen molar-refractivity contribution in [1.29, 1.82) is 0 Å². The highest BCUT2D eigenvalue weighted by molar-refractivity contribution is 5.83. The summed E-state index contributed by atoms with van der Waals surface area (Å²) in [5.41, 5.74) is 0.933. The molecule has 2 rings (SSSR count). The van der Waals surface area contributed by atoms with Crippen molar-refractivity contribution in [3.63, 3.8) is 0 Å². The first-order valence-corrected chi connectivity index (χ1v) is 6.64. The summed E-state index contributed by atoms with van der Waals surface area (Å²) in [6, 6.07) is 4.79. The van der Waals surface area contributed by atoms with E-state index in [4.69, 9.17) is 0 Å². The molecule has 0 amide bonds. The van der Waals surface area contributed by atoms with Crippen molar-refractivity contribution in [3.8, 4) is 0 Å². The van der Waals surface area contributed by atoms with E-state index in [-0.39, 0.29) is 11.3 Å². The number of rotatable bonds is 7. The van der Waals surface area contributed by atoms with Gasteiger partial charge in [-0.15, -0.1) is 0 Å². The summed E-state index contributed by atoms with van der Waals surface area (Å²) in [5.74, 6) is 0.737. The highest BCUT2D eigenvalue weighted by atomic mass is 16.6. The van der Waals surface area contributed by atoms with E-state index in [0.29, 0.717) is 6.29 Å². The molecule has 0 N–H and O–H groups in total. The van der Waals surface area contributed by atoms with Crippen LogP contribution in [0.2, 0.25) is 0 Å².